The summed E-state index contributed by atoms with van der Waals surface area (Å²) in [6, 6.07) is 7.63. The molecule has 2 heterocycles. The van der Waals surface area contributed by atoms with Crippen LogP contribution in [-0.2, 0) is 11.3 Å². The first-order chi connectivity index (χ1) is 10.6. The van der Waals surface area contributed by atoms with Gasteiger partial charge in [-0.25, -0.2) is 4.68 Å². The summed E-state index contributed by atoms with van der Waals surface area (Å²) >= 11 is 0. The lowest BCUT2D eigenvalue weighted by Gasteiger charge is -2.35. The number of hydrogen-bond acceptors (Lipinski definition) is 5. The van der Waals surface area contributed by atoms with E-state index in [0.717, 1.165) is 24.1 Å². The Morgan fingerprint density at radius 3 is 2.73 bits per heavy atom. The van der Waals surface area contributed by atoms with E-state index in [1.807, 2.05) is 29.2 Å². The van der Waals surface area contributed by atoms with Gasteiger partial charge in [0.25, 0.3) is 0 Å². The Hall–Kier alpha value is -1.99. The molecule has 7 nitrogen and oxygen atoms in total. The van der Waals surface area contributed by atoms with Crippen LogP contribution in [0.25, 0.3) is 11.0 Å². The minimum atomic E-state index is -0.330. The molecule has 0 bridgehead atoms. The number of carbonyl (C=O) groups excluding carboxylic acids is 1. The number of aliphatic hydroxyl groups excluding tert-OH is 1. The van der Waals surface area contributed by atoms with Gasteiger partial charge in [-0.3, -0.25) is 9.69 Å². The van der Waals surface area contributed by atoms with Crippen LogP contribution in [0.1, 0.15) is 6.92 Å². The van der Waals surface area contributed by atoms with E-state index in [0.29, 0.717) is 19.6 Å². The molecule has 1 aromatic heterocycles. The summed E-state index contributed by atoms with van der Waals surface area (Å²) in [7, 11) is 0. The number of fused-ring (bicyclic) bond motifs is 1. The maximum atomic E-state index is 12.4. The molecule has 0 radical (unpaired) electrons. The first-order valence-electron chi connectivity index (χ1n) is 7.60. The van der Waals surface area contributed by atoms with Crippen molar-refractivity contribution in [1.29, 1.82) is 0 Å². The molecular formula is C15H21N5O2. The van der Waals surface area contributed by atoms with Gasteiger partial charge in [-0.15, -0.1) is 5.10 Å². The molecule has 7 heteroatoms. The third-order valence-corrected chi connectivity index (χ3v) is 3.95. The summed E-state index contributed by atoms with van der Waals surface area (Å²) in [5.41, 5.74) is 1.68. The normalized spacial score (nSPS) is 17.8. The standard InChI is InChI=1S/C15H21N5O2/c1-12(21)10-18-6-8-19(9-7-18)15(22)11-20-14-5-3-2-4-13(14)16-17-20/h2-5,12,21H,6-11H2,1H3/t12-/m1/s1. The third-order valence-electron chi connectivity index (χ3n) is 3.95. The lowest BCUT2D eigenvalue weighted by atomic mass is 10.2. The number of piperazine rings is 1. The van der Waals surface area contributed by atoms with E-state index in [1.165, 1.54) is 0 Å². The van der Waals surface area contributed by atoms with Crippen LogP contribution in [0.3, 0.4) is 0 Å². The van der Waals surface area contributed by atoms with Crippen LogP contribution in [0.4, 0.5) is 0 Å². The molecule has 1 aromatic carbocycles. The molecule has 2 aromatic rings. The van der Waals surface area contributed by atoms with Crippen molar-refractivity contribution in [2.75, 3.05) is 32.7 Å². The van der Waals surface area contributed by atoms with Crippen LogP contribution < -0.4 is 0 Å². The van der Waals surface area contributed by atoms with Gasteiger partial charge in [-0.05, 0) is 19.1 Å². The van der Waals surface area contributed by atoms with Crippen molar-refractivity contribution in [3.8, 4) is 0 Å². The van der Waals surface area contributed by atoms with Gasteiger partial charge in [0.1, 0.15) is 12.1 Å². The zero-order valence-corrected chi connectivity index (χ0v) is 12.7. The van der Waals surface area contributed by atoms with Crippen molar-refractivity contribution in [2.24, 2.45) is 0 Å². The predicted octanol–water partition coefficient (Wildman–Crippen LogP) is -0.0437. The molecule has 1 fully saturated rings. The molecule has 0 aliphatic carbocycles. The fourth-order valence-electron chi connectivity index (χ4n) is 2.82. The first kappa shape index (κ1) is 14.9. The monoisotopic (exact) mass is 303 g/mol. The van der Waals surface area contributed by atoms with Crippen molar-refractivity contribution in [3.05, 3.63) is 24.3 Å². The summed E-state index contributed by atoms with van der Waals surface area (Å²) in [5.74, 6) is 0.0624. The lowest BCUT2D eigenvalue weighted by Crippen LogP contribution is -2.50. The molecule has 0 spiro atoms. The summed E-state index contributed by atoms with van der Waals surface area (Å²) in [4.78, 5) is 16.4. The second kappa shape index (κ2) is 6.41. The van der Waals surface area contributed by atoms with Crippen LogP contribution in [0.2, 0.25) is 0 Å². The highest BCUT2D eigenvalue weighted by molar-refractivity contribution is 5.79. The second-order valence-corrected chi connectivity index (χ2v) is 5.77. The average molecular weight is 303 g/mol. The Morgan fingerprint density at radius 2 is 2.00 bits per heavy atom. The molecule has 22 heavy (non-hydrogen) atoms. The number of benzene rings is 1. The molecule has 1 atom stereocenters. The Bertz CT molecular complexity index is 646. The van der Waals surface area contributed by atoms with Gasteiger partial charge in [0.2, 0.25) is 5.91 Å². The molecule has 1 saturated heterocycles. The number of nitrogens with zero attached hydrogens (tertiary/aromatic N) is 5. The average Bonchev–Trinajstić information content (AvgIpc) is 2.91. The lowest BCUT2D eigenvalue weighted by molar-refractivity contribution is -0.133. The quantitative estimate of drug-likeness (QED) is 0.857. The number of aromatic nitrogens is 3. The van der Waals surface area contributed by atoms with Crippen molar-refractivity contribution in [2.45, 2.75) is 19.6 Å². The van der Waals surface area contributed by atoms with Crippen LogP contribution in [0.5, 0.6) is 0 Å². The van der Waals surface area contributed by atoms with Gasteiger partial charge in [0.15, 0.2) is 0 Å². The van der Waals surface area contributed by atoms with Gasteiger partial charge in [0.05, 0.1) is 11.6 Å². The third kappa shape index (κ3) is 3.26. The van der Waals surface area contributed by atoms with Crippen molar-refractivity contribution < 1.29 is 9.90 Å². The highest BCUT2D eigenvalue weighted by Gasteiger charge is 2.22. The van der Waals surface area contributed by atoms with Crippen molar-refractivity contribution in [1.82, 2.24) is 24.8 Å². The molecule has 1 aliphatic rings. The fourth-order valence-corrected chi connectivity index (χ4v) is 2.82. The van der Waals surface area contributed by atoms with E-state index in [9.17, 15) is 9.90 Å². The second-order valence-electron chi connectivity index (χ2n) is 5.77. The van der Waals surface area contributed by atoms with E-state index in [4.69, 9.17) is 0 Å². The Morgan fingerprint density at radius 1 is 1.27 bits per heavy atom. The maximum Gasteiger partial charge on any atom is 0.244 e. The number of aliphatic hydroxyl groups is 1. The number of hydrogen-bond donors (Lipinski definition) is 1. The van der Waals surface area contributed by atoms with Gasteiger partial charge in [0, 0.05) is 32.7 Å². The molecule has 1 amide bonds. The number of amides is 1. The molecule has 0 unspecified atom stereocenters. The Kier molecular flexibility index (Phi) is 4.35. The summed E-state index contributed by atoms with van der Waals surface area (Å²) in [6.07, 6.45) is -0.330. The molecule has 1 N–H and O–H groups in total. The molecular weight excluding hydrogens is 282 g/mol. The van der Waals surface area contributed by atoms with Gasteiger partial charge >= 0.3 is 0 Å². The van der Waals surface area contributed by atoms with Crippen molar-refractivity contribution in [3.63, 3.8) is 0 Å². The summed E-state index contributed by atoms with van der Waals surface area (Å²) < 4.78 is 1.65. The van der Waals surface area contributed by atoms with E-state index >= 15 is 0 Å². The van der Waals surface area contributed by atoms with E-state index in [2.05, 4.69) is 15.2 Å². The topological polar surface area (TPSA) is 74.5 Å². The molecule has 3 rings (SSSR count). The predicted molar refractivity (Wildman–Crippen MR) is 82.2 cm³/mol. The van der Waals surface area contributed by atoms with E-state index in [1.54, 1.807) is 11.6 Å². The molecule has 0 saturated carbocycles. The fraction of sp³-hybridized carbons (Fsp3) is 0.533. The summed E-state index contributed by atoms with van der Waals surface area (Å²) in [5, 5.41) is 17.5. The highest BCUT2D eigenvalue weighted by atomic mass is 16.3. The number of rotatable bonds is 4. The number of carbonyl (C=O) groups is 1. The zero-order valence-electron chi connectivity index (χ0n) is 12.7. The van der Waals surface area contributed by atoms with Gasteiger partial charge in [-0.2, -0.15) is 0 Å². The van der Waals surface area contributed by atoms with Gasteiger partial charge in [-0.1, -0.05) is 17.3 Å². The van der Waals surface area contributed by atoms with Gasteiger partial charge < -0.3 is 10.0 Å². The molecule has 1 aliphatic heterocycles. The minimum absolute atomic E-state index is 0.0624. The van der Waals surface area contributed by atoms with Crippen molar-refractivity contribution >= 4 is 16.9 Å². The SMILES string of the molecule is C[C@@H](O)CN1CCN(C(=O)Cn2nnc3ccccc32)CC1. The number of para-hydroxylation sites is 1. The van der Waals surface area contributed by atoms with Crippen LogP contribution in [-0.4, -0.2) is 74.6 Å². The van der Waals surface area contributed by atoms with Crippen LogP contribution in [0.15, 0.2) is 24.3 Å². The van der Waals surface area contributed by atoms with E-state index < -0.39 is 0 Å². The first-order valence-corrected chi connectivity index (χ1v) is 7.60. The minimum Gasteiger partial charge on any atom is -0.392 e. The number of β-amino-alcohol motifs (C(OH)–C–C–N with tert-alkyl or cyclic N) is 1. The largest absolute Gasteiger partial charge is 0.392 e. The molecule has 118 valence electrons. The maximum absolute atomic E-state index is 12.4. The summed E-state index contributed by atoms with van der Waals surface area (Å²) in [6.45, 7) is 5.65. The van der Waals surface area contributed by atoms with E-state index in [-0.39, 0.29) is 18.6 Å². The van der Waals surface area contributed by atoms with Crippen LogP contribution >= 0.6 is 0 Å². The van der Waals surface area contributed by atoms with Crippen LogP contribution in [0, 0.1) is 0 Å². The highest BCUT2D eigenvalue weighted by Crippen LogP contribution is 2.11. The Balaban J connectivity index is 1.59. The Labute approximate surface area is 129 Å². The zero-order chi connectivity index (χ0) is 15.5. The smallest absolute Gasteiger partial charge is 0.244 e.